The number of fused-ring (bicyclic) bond motifs is 2. The maximum Gasteiger partial charge on any atom is 0.229 e. The molecule has 2 aliphatic carbocycles. The minimum absolute atomic E-state index is 0.191. The molecular formula is C19H25NO2S. The summed E-state index contributed by atoms with van der Waals surface area (Å²) in [6.45, 7) is 1.36. The van der Waals surface area contributed by atoms with Crippen molar-refractivity contribution in [3.63, 3.8) is 0 Å². The SMILES string of the molecule is O=C(N1CCS(=O)CC1)[C@@]1(Cc2ccccc2)C[C@H]2CC[C@H]1C2. The van der Waals surface area contributed by atoms with Gasteiger partial charge in [-0.3, -0.25) is 9.00 Å². The van der Waals surface area contributed by atoms with E-state index in [-0.39, 0.29) is 5.41 Å². The second-order valence-corrected chi connectivity index (χ2v) is 9.24. The number of hydrogen-bond donors (Lipinski definition) is 0. The molecule has 3 fully saturated rings. The standard InChI is InChI=1S/C19H25NO2S/c21-18(20-8-10-23(22)11-9-20)19(13-15-4-2-1-3-5-15)14-16-6-7-17(19)12-16/h1-5,16-17H,6-14H2/t16-,17-,19-/m0/s1. The molecule has 2 bridgehead atoms. The Balaban J connectivity index is 1.61. The first-order valence-electron chi connectivity index (χ1n) is 8.86. The molecule has 23 heavy (non-hydrogen) atoms. The Kier molecular flexibility index (Phi) is 4.04. The molecule has 0 N–H and O–H groups in total. The lowest BCUT2D eigenvalue weighted by Gasteiger charge is -2.41. The number of carbonyl (C=O) groups is 1. The Bertz CT molecular complexity index is 607. The first-order chi connectivity index (χ1) is 11.2. The third-order valence-corrected chi connectivity index (χ3v) is 7.50. The van der Waals surface area contributed by atoms with Crippen molar-refractivity contribution >= 4 is 16.7 Å². The Morgan fingerprint density at radius 3 is 2.52 bits per heavy atom. The summed E-state index contributed by atoms with van der Waals surface area (Å²) in [6, 6.07) is 10.5. The van der Waals surface area contributed by atoms with Gasteiger partial charge in [0.25, 0.3) is 0 Å². The predicted molar refractivity (Wildman–Crippen MR) is 92.5 cm³/mol. The van der Waals surface area contributed by atoms with Gasteiger partial charge < -0.3 is 4.90 Å². The molecule has 1 aromatic carbocycles. The molecule has 3 nitrogen and oxygen atoms in total. The average molecular weight is 331 g/mol. The third-order valence-electron chi connectivity index (χ3n) is 6.23. The molecule has 0 aromatic heterocycles. The van der Waals surface area contributed by atoms with Gasteiger partial charge in [0.2, 0.25) is 5.91 Å². The lowest BCUT2D eigenvalue weighted by atomic mass is 9.68. The highest BCUT2D eigenvalue weighted by Gasteiger charge is 2.56. The van der Waals surface area contributed by atoms with Crippen molar-refractivity contribution < 1.29 is 9.00 Å². The highest BCUT2D eigenvalue weighted by atomic mass is 32.2. The maximum atomic E-state index is 13.5. The van der Waals surface area contributed by atoms with Gasteiger partial charge in [-0.2, -0.15) is 0 Å². The van der Waals surface area contributed by atoms with Gasteiger partial charge in [0.05, 0.1) is 5.41 Å². The van der Waals surface area contributed by atoms with Gasteiger partial charge >= 0.3 is 0 Å². The molecular weight excluding hydrogens is 306 g/mol. The van der Waals surface area contributed by atoms with Crippen LogP contribution in [0.3, 0.4) is 0 Å². The summed E-state index contributed by atoms with van der Waals surface area (Å²) in [7, 11) is -0.726. The van der Waals surface area contributed by atoms with Gasteiger partial charge in [-0.05, 0) is 43.1 Å². The number of amides is 1. The summed E-state index contributed by atoms with van der Waals surface area (Å²) in [4.78, 5) is 15.5. The Hall–Kier alpha value is -1.16. The summed E-state index contributed by atoms with van der Waals surface area (Å²) < 4.78 is 11.6. The van der Waals surface area contributed by atoms with Crippen LogP contribution in [0.4, 0.5) is 0 Å². The Morgan fingerprint density at radius 2 is 1.91 bits per heavy atom. The molecule has 1 amide bonds. The molecule has 3 aliphatic rings. The molecule has 1 aliphatic heterocycles. The first-order valence-corrected chi connectivity index (χ1v) is 10.3. The van der Waals surface area contributed by atoms with E-state index in [1.165, 1.54) is 24.8 Å². The number of nitrogens with zero attached hydrogens (tertiary/aromatic N) is 1. The molecule has 1 heterocycles. The summed E-state index contributed by atoms with van der Waals surface area (Å²) in [5, 5.41) is 0. The summed E-state index contributed by atoms with van der Waals surface area (Å²) in [6.07, 6.45) is 5.69. The van der Waals surface area contributed by atoms with Crippen LogP contribution in [-0.4, -0.2) is 39.6 Å². The van der Waals surface area contributed by atoms with Crippen molar-refractivity contribution in [2.24, 2.45) is 17.3 Å². The van der Waals surface area contributed by atoms with Crippen molar-refractivity contribution in [2.45, 2.75) is 32.1 Å². The van der Waals surface area contributed by atoms with Gasteiger partial charge in [-0.25, -0.2) is 0 Å². The zero-order valence-corrected chi connectivity index (χ0v) is 14.4. The first kappa shape index (κ1) is 15.4. The van der Waals surface area contributed by atoms with Crippen molar-refractivity contribution in [3.8, 4) is 0 Å². The second kappa shape index (κ2) is 6.04. The van der Waals surface area contributed by atoms with Gasteiger partial charge in [0.15, 0.2) is 0 Å². The van der Waals surface area contributed by atoms with E-state index in [1.54, 1.807) is 0 Å². The molecule has 1 aromatic rings. The van der Waals surface area contributed by atoms with Crippen LogP contribution < -0.4 is 0 Å². The van der Waals surface area contributed by atoms with Crippen molar-refractivity contribution in [1.29, 1.82) is 0 Å². The monoisotopic (exact) mass is 331 g/mol. The minimum Gasteiger partial charge on any atom is -0.340 e. The molecule has 4 rings (SSSR count). The summed E-state index contributed by atoms with van der Waals surface area (Å²) in [5.74, 6) is 2.95. The van der Waals surface area contributed by atoms with Crippen LogP contribution in [0.15, 0.2) is 30.3 Å². The third kappa shape index (κ3) is 2.75. The highest BCUT2D eigenvalue weighted by Crippen LogP contribution is 2.58. The van der Waals surface area contributed by atoms with Crippen molar-refractivity contribution in [2.75, 3.05) is 24.6 Å². The molecule has 124 valence electrons. The average Bonchev–Trinajstić information content (AvgIpc) is 3.17. The van der Waals surface area contributed by atoms with E-state index in [0.717, 1.165) is 18.8 Å². The van der Waals surface area contributed by atoms with Crippen LogP contribution in [0, 0.1) is 17.3 Å². The lowest BCUT2D eigenvalue weighted by Crippen LogP contribution is -2.52. The number of carbonyl (C=O) groups excluding carboxylic acids is 1. The fourth-order valence-electron chi connectivity index (χ4n) is 5.11. The van der Waals surface area contributed by atoms with Crippen LogP contribution in [0.2, 0.25) is 0 Å². The van der Waals surface area contributed by atoms with Crippen molar-refractivity contribution in [3.05, 3.63) is 35.9 Å². The smallest absolute Gasteiger partial charge is 0.229 e. The second-order valence-electron chi connectivity index (χ2n) is 7.54. The largest absolute Gasteiger partial charge is 0.340 e. The van der Waals surface area contributed by atoms with Crippen LogP contribution in [-0.2, 0) is 22.0 Å². The van der Waals surface area contributed by atoms with E-state index in [0.29, 0.717) is 36.4 Å². The molecule has 1 saturated heterocycles. The van der Waals surface area contributed by atoms with E-state index in [1.807, 2.05) is 11.0 Å². The van der Waals surface area contributed by atoms with Crippen molar-refractivity contribution in [1.82, 2.24) is 4.90 Å². The zero-order chi connectivity index (χ0) is 15.9. The normalized spacial score (nSPS) is 34.0. The van der Waals surface area contributed by atoms with Gasteiger partial charge in [-0.15, -0.1) is 0 Å². The number of rotatable bonds is 3. The fraction of sp³-hybridized carbons (Fsp3) is 0.632. The minimum atomic E-state index is -0.726. The molecule has 3 atom stereocenters. The maximum absolute atomic E-state index is 13.5. The summed E-state index contributed by atoms with van der Waals surface area (Å²) >= 11 is 0. The molecule has 2 saturated carbocycles. The van der Waals surface area contributed by atoms with E-state index >= 15 is 0 Å². The highest BCUT2D eigenvalue weighted by molar-refractivity contribution is 7.85. The number of hydrogen-bond acceptors (Lipinski definition) is 2. The van der Waals surface area contributed by atoms with Crippen LogP contribution in [0.5, 0.6) is 0 Å². The fourth-order valence-corrected chi connectivity index (χ4v) is 6.17. The van der Waals surface area contributed by atoms with Crippen LogP contribution >= 0.6 is 0 Å². The van der Waals surface area contributed by atoms with Gasteiger partial charge in [-0.1, -0.05) is 36.8 Å². The molecule has 0 radical (unpaired) electrons. The van der Waals surface area contributed by atoms with Crippen LogP contribution in [0.1, 0.15) is 31.2 Å². The van der Waals surface area contributed by atoms with E-state index in [4.69, 9.17) is 0 Å². The van der Waals surface area contributed by atoms with E-state index in [2.05, 4.69) is 24.3 Å². The van der Waals surface area contributed by atoms with Crippen LogP contribution in [0.25, 0.3) is 0 Å². The zero-order valence-electron chi connectivity index (χ0n) is 13.6. The topological polar surface area (TPSA) is 37.4 Å². The van der Waals surface area contributed by atoms with Gasteiger partial charge in [0, 0.05) is 35.4 Å². The quantitative estimate of drug-likeness (QED) is 0.854. The molecule has 0 unspecified atom stereocenters. The van der Waals surface area contributed by atoms with E-state index < -0.39 is 10.8 Å². The Labute approximate surface area is 140 Å². The van der Waals surface area contributed by atoms with E-state index in [9.17, 15) is 9.00 Å². The molecule has 0 spiro atoms. The van der Waals surface area contributed by atoms with Gasteiger partial charge in [0.1, 0.15) is 0 Å². The predicted octanol–water partition coefficient (Wildman–Crippen LogP) is 2.63. The lowest BCUT2D eigenvalue weighted by molar-refractivity contribution is -0.145. The Morgan fingerprint density at radius 1 is 1.17 bits per heavy atom. The summed E-state index contributed by atoms with van der Waals surface area (Å²) in [5.41, 5.74) is 1.09. The molecule has 4 heteroatoms. The number of benzene rings is 1.